The van der Waals surface area contributed by atoms with Gasteiger partial charge in [-0.1, -0.05) is 0 Å². The molecule has 0 spiro atoms. The van der Waals surface area contributed by atoms with Crippen LogP contribution < -0.4 is 14.5 Å². The van der Waals surface area contributed by atoms with Crippen molar-refractivity contribution in [3.8, 4) is 11.3 Å². The second kappa shape index (κ2) is 8.01. The van der Waals surface area contributed by atoms with Crippen molar-refractivity contribution in [3.63, 3.8) is 0 Å². The molecule has 2 aromatic heterocycles. The van der Waals surface area contributed by atoms with Gasteiger partial charge < -0.3 is 0 Å². The van der Waals surface area contributed by atoms with E-state index in [1.54, 1.807) is 11.3 Å². The van der Waals surface area contributed by atoms with Gasteiger partial charge in [0.1, 0.15) is 0 Å². The van der Waals surface area contributed by atoms with E-state index in [0.717, 1.165) is 15.0 Å². The van der Waals surface area contributed by atoms with Gasteiger partial charge in [-0.3, -0.25) is 0 Å². The Morgan fingerprint density at radius 2 is 1.17 bits per heavy atom. The molecule has 0 N–H and O–H groups in total. The Kier molecular flexibility index (Phi) is 5.08. The number of thiophene rings is 1. The number of hydrogen-bond acceptors (Lipinski definition) is 3. The van der Waals surface area contributed by atoms with Crippen LogP contribution in [0, 0.1) is 0 Å². The number of hydrogen-bond donors (Lipinski definition) is 0. The quantitative estimate of drug-likeness (QED) is 0.344. The second-order valence-electron chi connectivity index (χ2n) is 6.94. The maximum absolute atomic E-state index is 6.17. The molecule has 29 heavy (non-hydrogen) atoms. The van der Waals surface area contributed by atoms with Gasteiger partial charge in [-0.2, -0.15) is 0 Å². The van der Waals surface area contributed by atoms with Gasteiger partial charge in [0.05, 0.1) is 0 Å². The minimum atomic E-state index is -3.65. The number of benzene rings is 3. The van der Waals surface area contributed by atoms with Crippen molar-refractivity contribution < 1.29 is 4.52 Å². The van der Waals surface area contributed by atoms with Crippen LogP contribution in [0.4, 0.5) is 0 Å². The zero-order chi connectivity index (χ0) is 19.5. The van der Waals surface area contributed by atoms with E-state index in [-0.39, 0.29) is 0 Å². The monoisotopic (exact) mass is 501 g/mol. The Balaban J connectivity index is 1.84. The molecule has 4 heteroatoms. The van der Waals surface area contributed by atoms with Crippen LogP contribution in [0.25, 0.3) is 11.3 Å². The molecule has 0 radical (unpaired) electrons. The molecule has 0 aliphatic rings. The van der Waals surface area contributed by atoms with Gasteiger partial charge in [-0.25, -0.2) is 0 Å². The average Bonchev–Trinajstić information content (AvgIpc) is 3.49. The van der Waals surface area contributed by atoms with Gasteiger partial charge in [0.25, 0.3) is 0 Å². The Morgan fingerprint density at radius 1 is 0.655 bits per heavy atom. The van der Waals surface area contributed by atoms with Crippen molar-refractivity contribution >= 4 is 44.2 Å². The molecule has 3 aromatic carbocycles. The predicted molar refractivity (Wildman–Crippen MR) is 123 cm³/mol. The molecule has 0 amide bonds. The first kappa shape index (κ1) is 18.4. The third kappa shape index (κ3) is 3.24. The second-order valence-corrected chi connectivity index (χ2v) is 18.3. The summed E-state index contributed by atoms with van der Waals surface area (Å²) in [6, 6.07) is 36.8. The molecule has 2 heterocycles. The summed E-state index contributed by atoms with van der Waals surface area (Å²) in [6.07, 6.45) is 0. The molecule has 0 aliphatic carbocycles. The van der Waals surface area contributed by atoms with E-state index in [4.69, 9.17) is 4.52 Å². The molecule has 5 aromatic rings. The van der Waals surface area contributed by atoms with Crippen LogP contribution in [-0.4, -0.2) is 23.5 Å². The zero-order valence-corrected chi connectivity index (χ0v) is 19.4. The van der Waals surface area contributed by atoms with Crippen molar-refractivity contribution in [1.29, 1.82) is 0 Å². The topological polar surface area (TPSA) is 26.0 Å². The number of rotatable bonds is 5. The van der Waals surface area contributed by atoms with Crippen LogP contribution in [0.1, 0.15) is 0 Å². The third-order valence-electron chi connectivity index (χ3n) is 5.32. The normalized spacial score (nSPS) is 11.4. The van der Waals surface area contributed by atoms with Crippen molar-refractivity contribution in [3.05, 3.63) is 114 Å². The SMILES string of the molecule is c1cc[c]([Sn]([c]2ccccc2)([c]2ccccc2)[c]2cc(-c3ccsc3)no2)cc1. The van der Waals surface area contributed by atoms with Crippen LogP contribution in [0.2, 0.25) is 0 Å². The van der Waals surface area contributed by atoms with Crippen molar-refractivity contribution in [1.82, 2.24) is 5.16 Å². The summed E-state index contributed by atoms with van der Waals surface area (Å²) in [7, 11) is 0. The van der Waals surface area contributed by atoms with Crippen LogP contribution >= 0.6 is 11.3 Å². The van der Waals surface area contributed by atoms with E-state index in [1.807, 2.05) is 0 Å². The molecule has 0 saturated heterocycles. The fourth-order valence-corrected chi connectivity index (χ4v) is 17.4. The Hall–Kier alpha value is -2.63. The maximum atomic E-state index is 6.17. The standard InChI is InChI=1S/C7H4NOS.3C6H5.Sn/c1-3-9-8-7(1)6-2-4-10-5-6;3*1-2-4-6-5-3-1;/h1-2,4-5H;3*1-5H;. The van der Waals surface area contributed by atoms with Crippen LogP contribution in [-0.2, 0) is 0 Å². The van der Waals surface area contributed by atoms with E-state index >= 15 is 0 Å². The van der Waals surface area contributed by atoms with Crippen LogP contribution in [0.3, 0.4) is 0 Å². The van der Waals surface area contributed by atoms with Crippen LogP contribution in [0.5, 0.6) is 0 Å². The molecule has 0 unspecified atom stereocenters. The predicted octanol–water partition coefficient (Wildman–Crippen LogP) is 3.78. The average molecular weight is 500 g/mol. The number of aromatic nitrogens is 1. The molecule has 140 valence electrons. The van der Waals surface area contributed by atoms with E-state index in [2.05, 4.69) is 119 Å². The van der Waals surface area contributed by atoms with E-state index < -0.39 is 18.4 Å². The third-order valence-corrected chi connectivity index (χ3v) is 19.1. The number of nitrogens with zero attached hydrogens (tertiary/aromatic N) is 1. The summed E-state index contributed by atoms with van der Waals surface area (Å²) in [4.78, 5) is 0. The first-order chi connectivity index (χ1) is 14.4. The molecular formula is C25H19NOSSn. The summed E-state index contributed by atoms with van der Waals surface area (Å²) >= 11 is -1.98. The first-order valence-electron chi connectivity index (χ1n) is 9.55. The Bertz CT molecular complexity index is 1090. The molecule has 0 fully saturated rings. The van der Waals surface area contributed by atoms with Gasteiger partial charge in [0.2, 0.25) is 0 Å². The molecule has 2 nitrogen and oxygen atoms in total. The molecule has 5 rings (SSSR count). The van der Waals surface area contributed by atoms with Gasteiger partial charge in [-0.15, -0.1) is 0 Å². The molecule has 0 aliphatic heterocycles. The summed E-state index contributed by atoms with van der Waals surface area (Å²) in [5.74, 6) is 0. The van der Waals surface area contributed by atoms with Crippen molar-refractivity contribution in [2.45, 2.75) is 0 Å². The van der Waals surface area contributed by atoms with Gasteiger partial charge in [0, 0.05) is 0 Å². The Morgan fingerprint density at radius 3 is 1.62 bits per heavy atom. The van der Waals surface area contributed by atoms with E-state index in [9.17, 15) is 0 Å². The summed E-state index contributed by atoms with van der Waals surface area (Å²) in [5.41, 5.74) is 2.02. The fraction of sp³-hybridized carbons (Fsp3) is 0. The van der Waals surface area contributed by atoms with Gasteiger partial charge >= 0.3 is 179 Å². The van der Waals surface area contributed by atoms with Crippen molar-refractivity contribution in [2.75, 3.05) is 0 Å². The molecule has 0 bridgehead atoms. The Labute approximate surface area is 178 Å². The zero-order valence-electron chi connectivity index (χ0n) is 15.7. The van der Waals surface area contributed by atoms with E-state index in [1.165, 1.54) is 10.7 Å². The molecule has 0 saturated carbocycles. The first-order valence-corrected chi connectivity index (χ1v) is 16.2. The van der Waals surface area contributed by atoms with Crippen molar-refractivity contribution in [2.24, 2.45) is 0 Å². The summed E-state index contributed by atoms with van der Waals surface area (Å²) < 4.78 is 11.2. The van der Waals surface area contributed by atoms with Gasteiger partial charge in [-0.05, 0) is 0 Å². The van der Waals surface area contributed by atoms with Gasteiger partial charge in [0.15, 0.2) is 0 Å². The van der Waals surface area contributed by atoms with E-state index in [0.29, 0.717) is 0 Å². The molecule has 0 atom stereocenters. The van der Waals surface area contributed by atoms with Crippen LogP contribution in [0.15, 0.2) is 118 Å². The summed E-state index contributed by atoms with van der Waals surface area (Å²) in [6.45, 7) is 0. The fourth-order valence-electron chi connectivity index (χ4n) is 3.99. The molecular weight excluding hydrogens is 481 g/mol. The minimum absolute atomic E-state index is 0.908. The summed E-state index contributed by atoms with van der Waals surface area (Å²) in [5, 5.41) is 8.68.